The lowest BCUT2D eigenvalue weighted by Crippen LogP contribution is -2.26. The summed E-state index contributed by atoms with van der Waals surface area (Å²) in [5.41, 5.74) is 0.447. The van der Waals surface area contributed by atoms with Gasteiger partial charge in [0.25, 0.3) is 5.91 Å². The van der Waals surface area contributed by atoms with Crippen molar-refractivity contribution in [2.45, 2.75) is 33.7 Å². The first-order chi connectivity index (χ1) is 12.0. The van der Waals surface area contributed by atoms with Crippen LogP contribution >= 0.6 is 11.6 Å². The van der Waals surface area contributed by atoms with E-state index in [0.717, 1.165) is 17.9 Å². The highest BCUT2D eigenvalue weighted by molar-refractivity contribution is 6.32. The Bertz CT molecular complexity index is 726. The van der Waals surface area contributed by atoms with Gasteiger partial charge >= 0.3 is 0 Å². The number of aryl methyl sites for hydroxylation is 1. The number of hydrogen-bond donors (Lipinski definition) is 0. The largest absolute Gasteiger partial charge is 0.490 e. The van der Waals surface area contributed by atoms with Crippen molar-refractivity contribution in [3.05, 3.63) is 46.4 Å². The minimum absolute atomic E-state index is 0.168. The monoisotopic (exact) mass is 365 g/mol. The molecule has 136 valence electrons. The van der Waals surface area contributed by atoms with Gasteiger partial charge in [0, 0.05) is 12.6 Å². The maximum atomic E-state index is 12.7. The number of benzene rings is 1. The van der Waals surface area contributed by atoms with Crippen molar-refractivity contribution < 1.29 is 18.7 Å². The second kappa shape index (κ2) is 8.81. The Hall–Kier alpha value is -2.14. The van der Waals surface area contributed by atoms with Gasteiger partial charge in [0.1, 0.15) is 11.5 Å². The number of nitrogens with zero attached hydrogens (tertiary/aromatic N) is 1. The molecule has 0 fully saturated rings. The summed E-state index contributed by atoms with van der Waals surface area (Å²) in [7, 11) is 1.72. The molecule has 0 aliphatic heterocycles. The molecule has 2 aromatic rings. The molecule has 25 heavy (non-hydrogen) atoms. The van der Waals surface area contributed by atoms with Crippen LogP contribution in [0.5, 0.6) is 11.5 Å². The van der Waals surface area contributed by atoms with Crippen LogP contribution in [0.1, 0.15) is 42.1 Å². The SMILES string of the molecule is CCCOc1c(Cl)cc(C(=O)N(C)Cc2ccc(C)o2)cc1OCC. The van der Waals surface area contributed by atoms with E-state index in [-0.39, 0.29) is 5.91 Å². The molecule has 1 aromatic heterocycles. The number of amides is 1. The summed E-state index contributed by atoms with van der Waals surface area (Å²) in [4.78, 5) is 14.3. The Morgan fingerprint density at radius 3 is 2.60 bits per heavy atom. The Kier molecular flexibility index (Phi) is 6.76. The molecule has 1 heterocycles. The van der Waals surface area contributed by atoms with Gasteiger partial charge in [-0.1, -0.05) is 18.5 Å². The van der Waals surface area contributed by atoms with E-state index in [4.69, 9.17) is 25.5 Å². The highest BCUT2D eigenvalue weighted by Crippen LogP contribution is 2.37. The van der Waals surface area contributed by atoms with Crippen LogP contribution in [0, 0.1) is 6.92 Å². The first-order valence-corrected chi connectivity index (χ1v) is 8.74. The lowest BCUT2D eigenvalue weighted by atomic mass is 10.1. The minimum Gasteiger partial charge on any atom is -0.490 e. The molecule has 0 spiro atoms. The van der Waals surface area contributed by atoms with Crippen LogP contribution in [0.15, 0.2) is 28.7 Å². The Morgan fingerprint density at radius 2 is 2.00 bits per heavy atom. The van der Waals surface area contributed by atoms with Crippen molar-refractivity contribution in [3.8, 4) is 11.5 Å². The molecule has 0 atom stereocenters. The lowest BCUT2D eigenvalue weighted by Gasteiger charge is -2.18. The van der Waals surface area contributed by atoms with Gasteiger partial charge in [-0.25, -0.2) is 0 Å². The standard InChI is InChI=1S/C19H24ClNO4/c1-5-9-24-18-16(20)10-14(11-17(18)23-6-2)19(22)21(4)12-15-8-7-13(3)25-15/h7-8,10-11H,5-6,9,12H2,1-4H3. The maximum Gasteiger partial charge on any atom is 0.254 e. The Balaban J connectivity index is 2.23. The molecule has 0 aliphatic rings. The number of carbonyl (C=O) groups is 1. The van der Waals surface area contributed by atoms with Crippen LogP contribution in [0.3, 0.4) is 0 Å². The van der Waals surface area contributed by atoms with Crippen molar-refractivity contribution in [2.24, 2.45) is 0 Å². The first-order valence-electron chi connectivity index (χ1n) is 8.36. The summed E-state index contributed by atoms with van der Waals surface area (Å²) < 4.78 is 16.8. The third kappa shape index (κ3) is 4.92. The number of hydrogen-bond acceptors (Lipinski definition) is 4. The molecular formula is C19H24ClNO4. The molecule has 0 saturated carbocycles. The maximum absolute atomic E-state index is 12.7. The first kappa shape index (κ1) is 19.2. The molecule has 0 bridgehead atoms. The van der Waals surface area contributed by atoms with Crippen molar-refractivity contribution in [1.82, 2.24) is 4.90 Å². The summed E-state index contributed by atoms with van der Waals surface area (Å²) >= 11 is 6.32. The van der Waals surface area contributed by atoms with Gasteiger partial charge in [0.15, 0.2) is 11.5 Å². The number of ether oxygens (including phenoxy) is 2. The summed E-state index contributed by atoms with van der Waals surface area (Å²) in [6.07, 6.45) is 0.855. The van der Waals surface area contributed by atoms with Crippen LogP contribution in [-0.2, 0) is 6.54 Å². The second-order valence-corrected chi connectivity index (χ2v) is 6.15. The molecule has 1 aromatic carbocycles. The Morgan fingerprint density at radius 1 is 1.24 bits per heavy atom. The van der Waals surface area contributed by atoms with Crippen molar-refractivity contribution in [2.75, 3.05) is 20.3 Å². The average Bonchev–Trinajstić information content (AvgIpc) is 2.98. The fraction of sp³-hybridized carbons (Fsp3) is 0.421. The normalized spacial score (nSPS) is 10.6. The topological polar surface area (TPSA) is 51.9 Å². The molecule has 2 rings (SSSR count). The minimum atomic E-state index is -0.168. The fourth-order valence-corrected chi connectivity index (χ4v) is 2.66. The molecule has 0 unspecified atom stereocenters. The molecule has 0 saturated heterocycles. The zero-order valence-corrected chi connectivity index (χ0v) is 15.9. The zero-order chi connectivity index (χ0) is 18.4. The number of halogens is 1. The fourth-order valence-electron chi connectivity index (χ4n) is 2.39. The molecule has 5 nitrogen and oxygen atoms in total. The highest BCUT2D eigenvalue weighted by Gasteiger charge is 2.19. The second-order valence-electron chi connectivity index (χ2n) is 5.74. The molecule has 6 heteroatoms. The molecule has 0 aliphatic carbocycles. The van der Waals surface area contributed by atoms with Crippen LogP contribution in [-0.4, -0.2) is 31.1 Å². The van der Waals surface area contributed by atoms with Crippen molar-refractivity contribution >= 4 is 17.5 Å². The van der Waals surface area contributed by atoms with Gasteiger partial charge < -0.3 is 18.8 Å². The third-order valence-corrected chi connectivity index (χ3v) is 3.82. The van der Waals surface area contributed by atoms with Crippen molar-refractivity contribution in [1.29, 1.82) is 0 Å². The zero-order valence-electron chi connectivity index (χ0n) is 15.1. The summed E-state index contributed by atoms with van der Waals surface area (Å²) in [6.45, 7) is 7.12. The summed E-state index contributed by atoms with van der Waals surface area (Å²) in [5, 5.41) is 0.366. The van der Waals surface area contributed by atoms with E-state index in [2.05, 4.69) is 0 Å². The van der Waals surface area contributed by atoms with Gasteiger partial charge in [-0.2, -0.15) is 0 Å². The van der Waals surface area contributed by atoms with Gasteiger partial charge in [-0.15, -0.1) is 0 Å². The van der Waals surface area contributed by atoms with E-state index in [1.54, 1.807) is 24.1 Å². The number of rotatable bonds is 8. The van der Waals surface area contributed by atoms with Crippen LogP contribution < -0.4 is 9.47 Å². The predicted octanol–water partition coefficient (Wildman–Crippen LogP) is 4.70. The summed E-state index contributed by atoms with van der Waals surface area (Å²) in [5.74, 6) is 2.33. The highest BCUT2D eigenvalue weighted by atomic mass is 35.5. The average molecular weight is 366 g/mol. The summed E-state index contributed by atoms with van der Waals surface area (Å²) in [6, 6.07) is 7.02. The number of carbonyl (C=O) groups excluding carboxylic acids is 1. The molecular weight excluding hydrogens is 342 g/mol. The van der Waals surface area contributed by atoms with Crippen LogP contribution in [0.4, 0.5) is 0 Å². The van der Waals surface area contributed by atoms with Crippen molar-refractivity contribution in [3.63, 3.8) is 0 Å². The van der Waals surface area contributed by atoms with Crippen LogP contribution in [0.25, 0.3) is 0 Å². The third-order valence-electron chi connectivity index (χ3n) is 3.54. The van der Waals surface area contributed by atoms with E-state index in [1.807, 2.05) is 32.9 Å². The smallest absolute Gasteiger partial charge is 0.254 e. The van der Waals surface area contributed by atoms with E-state index >= 15 is 0 Å². The van der Waals surface area contributed by atoms with E-state index < -0.39 is 0 Å². The lowest BCUT2D eigenvalue weighted by molar-refractivity contribution is 0.0774. The quantitative estimate of drug-likeness (QED) is 0.680. The van der Waals surface area contributed by atoms with Gasteiger partial charge in [0.05, 0.1) is 24.8 Å². The van der Waals surface area contributed by atoms with Gasteiger partial charge in [-0.05, 0) is 44.5 Å². The van der Waals surface area contributed by atoms with Crippen LogP contribution in [0.2, 0.25) is 5.02 Å². The van der Waals surface area contributed by atoms with E-state index in [9.17, 15) is 4.79 Å². The molecule has 0 N–H and O–H groups in total. The van der Waals surface area contributed by atoms with E-state index in [0.29, 0.717) is 41.8 Å². The Labute approximate surface area is 153 Å². The molecule has 0 radical (unpaired) electrons. The van der Waals surface area contributed by atoms with Gasteiger partial charge in [-0.3, -0.25) is 4.79 Å². The molecule has 1 amide bonds. The predicted molar refractivity (Wildman–Crippen MR) is 97.6 cm³/mol. The number of furan rings is 1. The van der Waals surface area contributed by atoms with Gasteiger partial charge in [0.2, 0.25) is 0 Å². The van der Waals surface area contributed by atoms with E-state index in [1.165, 1.54) is 0 Å².